The van der Waals surface area contributed by atoms with Gasteiger partial charge in [-0.2, -0.15) is 0 Å². The molecule has 1 aromatic carbocycles. The molecule has 1 rings (SSSR count). The zero-order valence-corrected chi connectivity index (χ0v) is 11.0. The standard InChI is InChI=1S/C12H20N2OS/c1-12(2,3)6-4-5-7-14-9-8(13)11(16)10(9)15/h14H,4-7,13H2,1-3H3. The Morgan fingerprint density at radius 3 is 2.44 bits per heavy atom. The van der Waals surface area contributed by atoms with Crippen LogP contribution in [0.4, 0.5) is 11.4 Å². The van der Waals surface area contributed by atoms with E-state index in [4.69, 9.17) is 18.0 Å². The fourth-order valence-electron chi connectivity index (χ4n) is 1.58. The molecule has 0 radical (unpaired) electrons. The summed E-state index contributed by atoms with van der Waals surface area (Å²) in [7, 11) is 0. The molecule has 3 nitrogen and oxygen atoms in total. The van der Waals surface area contributed by atoms with Crippen molar-refractivity contribution >= 4 is 23.6 Å². The van der Waals surface area contributed by atoms with Crippen LogP contribution in [-0.2, 0) is 0 Å². The van der Waals surface area contributed by atoms with Gasteiger partial charge in [0.2, 0.25) is 5.43 Å². The highest BCUT2D eigenvalue weighted by Crippen LogP contribution is 2.22. The first-order valence-electron chi connectivity index (χ1n) is 5.65. The predicted octanol–water partition coefficient (Wildman–Crippen LogP) is 2.86. The van der Waals surface area contributed by atoms with Crippen LogP contribution in [0.2, 0.25) is 0 Å². The van der Waals surface area contributed by atoms with Crippen LogP contribution in [0, 0.1) is 9.93 Å². The van der Waals surface area contributed by atoms with E-state index >= 15 is 0 Å². The van der Waals surface area contributed by atoms with Crippen molar-refractivity contribution in [2.24, 2.45) is 5.41 Å². The first-order chi connectivity index (χ1) is 7.33. The highest BCUT2D eigenvalue weighted by Gasteiger charge is 2.14. The number of anilines is 2. The molecule has 0 saturated heterocycles. The molecule has 0 fully saturated rings. The fraction of sp³-hybridized carbons (Fsp3) is 0.667. The van der Waals surface area contributed by atoms with Gasteiger partial charge in [0, 0.05) is 6.54 Å². The van der Waals surface area contributed by atoms with Crippen molar-refractivity contribution in [1.29, 1.82) is 0 Å². The van der Waals surface area contributed by atoms with E-state index in [-0.39, 0.29) is 9.94 Å². The average molecular weight is 240 g/mol. The van der Waals surface area contributed by atoms with Gasteiger partial charge in [0.15, 0.2) is 0 Å². The van der Waals surface area contributed by atoms with Crippen LogP contribution in [0.15, 0.2) is 4.79 Å². The smallest absolute Gasteiger partial charge is 0.223 e. The lowest BCUT2D eigenvalue weighted by atomic mass is 9.90. The van der Waals surface area contributed by atoms with Crippen LogP contribution >= 0.6 is 12.2 Å². The van der Waals surface area contributed by atoms with Gasteiger partial charge in [-0.25, -0.2) is 0 Å². The van der Waals surface area contributed by atoms with E-state index in [9.17, 15) is 4.79 Å². The number of hydrogen-bond acceptors (Lipinski definition) is 4. The third kappa shape index (κ3) is 3.30. The van der Waals surface area contributed by atoms with Gasteiger partial charge < -0.3 is 11.1 Å². The molecule has 0 unspecified atom stereocenters. The van der Waals surface area contributed by atoms with Crippen LogP contribution < -0.4 is 16.5 Å². The summed E-state index contributed by atoms with van der Waals surface area (Å²) in [5, 5.41) is 3.05. The van der Waals surface area contributed by atoms with Crippen molar-refractivity contribution in [3.8, 4) is 0 Å². The van der Waals surface area contributed by atoms with Crippen molar-refractivity contribution in [2.75, 3.05) is 17.6 Å². The molecule has 0 aliphatic carbocycles. The Morgan fingerprint density at radius 2 is 1.94 bits per heavy atom. The second-order valence-corrected chi connectivity index (χ2v) is 5.80. The first-order valence-corrected chi connectivity index (χ1v) is 6.06. The lowest BCUT2D eigenvalue weighted by Crippen LogP contribution is -2.21. The van der Waals surface area contributed by atoms with Gasteiger partial charge in [-0.15, -0.1) is 0 Å². The summed E-state index contributed by atoms with van der Waals surface area (Å²) in [6.45, 7) is 7.49. The van der Waals surface area contributed by atoms with Crippen LogP contribution in [0.1, 0.15) is 40.0 Å². The van der Waals surface area contributed by atoms with Gasteiger partial charge in [0.1, 0.15) is 10.2 Å². The maximum atomic E-state index is 11.3. The van der Waals surface area contributed by atoms with Gasteiger partial charge in [0.05, 0.1) is 5.69 Å². The molecule has 0 bridgehead atoms. The van der Waals surface area contributed by atoms with E-state index in [1.54, 1.807) is 0 Å². The summed E-state index contributed by atoms with van der Waals surface area (Å²) >= 11 is 4.78. The lowest BCUT2D eigenvalue weighted by Gasteiger charge is -2.18. The second kappa shape index (κ2) is 4.95. The Morgan fingerprint density at radius 1 is 1.31 bits per heavy atom. The third-order valence-corrected chi connectivity index (χ3v) is 3.01. The molecule has 3 N–H and O–H groups in total. The van der Waals surface area contributed by atoms with E-state index in [1.807, 2.05) is 0 Å². The normalized spacial score (nSPS) is 11.9. The SMILES string of the molecule is CC(C)(C)CCCCNc1c(N)c(=S)c1=O. The summed E-state index contributed by atoms with van der Waals surface area (Å²) in [6.07, 6.45) is 3.39. The average Bonchev–Trinajstić information content (AvgIpc) is 2.20. The second-order valence-electron chi connectivity index (χ2n) is 5.39. The number of unbranched alkanes of at least 4 members (excludes halogenated alkanes) is 1. The van der Waals surface area contributed by atoms with Gasteiger partial charge in [-0.1, -0.05) is 39.4 Å². The van der Waals surface area contributed by atoms with E-state index in [2.05, 4.69) is 26.1 Å². The lowest BCUT2D eigenvalue weighted by molar-refractivity contribution is 0.362. The van der Waals surface area contributed by atoms with E-state index in [0.29, 0.717) is 16.8 Å². The molecule has 0 spiro atoms. The van der Waals surface area contributed by atoms with Gasteiger partial charge in [-0.05, 0) is 18.3 Å². The quantitative estimate of drug-likeness (QED) is 0.614. The first kappa shape index (κ1) is 13.2. The summed E-state index contributed by atoms with van der Waals surface area (Å²) < 4.78 is 0.275. The molecule has 1 aromatic rings. The maximum Gasteiger partial charge on any atom is 0.223 e. The fourth-order valence-corrected chi connectivity index (χ4v) is 1.78. The van der Waals surface area contributed by atoms with Gasteiger partial charge in [0.25, 0.3) is 0 Å². The molecule has 0 heterocycles. The van der Waals surface area contributed by atoms with Crippen LogP contribution in [0.5, 0.6) is 0 Å². The molecule has 16 heavy (non-hydrogen) atoms. The number of hydrogen-bond donors (Lipinski definition) is 2. The Kier molecular flexibility index (Phi) is 4.08. The van der Waals surface area contributed by atoms with Crippen LogP contribution in [-0.4, -0.2) is 6.54 Å². The molecule has 0 aliphatic heterocycles. The van der Waals surface area contributed by atoms with Crippen LogP contribution in [0.3, 0.4) is 0 Å². The molecule has 0 aromatic heterocycles. The van der Waals surface area contributed by atoms with Gasteiger partial charge in [-0.3, -0.25) is 4.79 Å². The molecular formula is C12H20N2OS. The Hall–Kier alpha value is -0.900. The highest BCUT2D eigenvalue weighted by molar-refractivity contribution is 7.71. The monoisotopic (exact) mass is 240 g/mol. The van der Waals surface area contributed by atoms with Crippen molar-refractivity contribution in [1.82, 2.24) is 0 Å². The predicted molar refractivity (Wildman–Crippen MR) is 72.1 cm³/mol. The number of nitrogens with one attached hydrogen (secondary N) is 1. The number of rotatable bonds is 5. The van der Waals surface area contributed by atoms with Crippen molar-refractivity contribution < 1.29 is 0 Å². The van der Waals surface area contributed by atoms with E-state index in [0.717, 1.165) is 19.4 Å². The van der Waals surface area contributed by atoms with E-state index < -0.39 is 0 Å². The minimum absolute atomic E-state index is 0.108. The highest BCUT2D eigenvalue weighted by atomic mass is 32.1. The zero-order valence-electron chi connectivity index (χ0n) is 10.2. The molecule has 0 amide bonds. The zero-order chi connectivity index (χ0) is 12.3. The topological polar surface area (TPSA) is 55.1 Å². The molecule has 90 valence electrons. The Balaban J connectivity index is 2.23. The third-order valence-electron chi connectivity index (χ3n) is 2.60. The summed E-state index contributed by atoms with van der Waals surface area (Å²) in [5.74, 6) is 0. The largest absolute Gasteiger partial charge is 0.396 e. The minimum Gasteiger partial charge on any atom is -0.396 e. The van der Waals surface area contributed by atoms with Crippen molar-refractivity contribution in [3.05, 3.63) is 14.7 Å². The molecule has 0 saturated carbocycles. The van der Waals surface area contributed by atoms with Crippen molar-refractivity contribution in [2.45, 2.75) is 40.0 Å². The van der Waals surface area contributed by atoms with Crippen LogP contribution in [0.25, 0.3) is 0 Å². The molecule has 4 heteroatoms. The van der Waals surface area contributed by atoms with E-state index in [1.165, 1.54) is 6.42 Å². The minimum atomic E-state index is -0.108. The summed E-state index contributed by atoms with van der Waals surface area (Å²) in [4.78, 5) is 11.3. The summed E-state index contributed by atoms with van der Waals surface area (Å²) in [6, 6.07) is 0. The Bertz CT molecular complexity index is 425. The number of nitrogen functional groups attached to an aromatic ring is 1. The Labute approximate surface area is 102 Å². The van der Waals surface area contributed by atoms with Crippen molar-refractivity contribution in [3.63, 3.8) is 0 Å². The molecule has 0 atom stereocenters. The number of nitrogens with two attached hydrogens (primary N) is 1. The summed E-state index contributed by atoms with van der Waals surface area (Å²) in [5.41, 5.74) is 6.84. The maximum absolute atomic E-state index is 11.3. The molecular weight excluding hydrogens is 220 g/mol. The molecule has 0 aliphatic rings. The van der Waals surface area contributed by atoms with Gasteiger partial charge >= 0.3 is 0 Å².